The van der Waals surface area contributed by atoms with Gasteiger partial charge in [-0.3, -0.25) is 14.5 Å². The molecule has 0 saturated carbocycles. The van der Waals surface area contributed by atoms with Crippen LogP contribution in [0.5, 0.6) is 11.5 Å². The van der Waals surface area contributed by atoms with Crippen LogP contribution in [-0.2, 0) is 17.9 Å². The first-order chi connectivity index (χ1) is 16.8. The van der Waals surface area contributed by atoms with Gasteiger partial charge in [-0.2, -0.15) is 0 Å². The van der Waals surface area contributed by atoms with Crippen molar-refractivity contribution in [2.45, 2.75) is 20.1 Å². The number of hydrogen-bond acceptors (Lipinski definition) is 5. The van der Waals surface area contributed by atoms with Crippen molar-refractivity contribution in [3.63, 3.8) is 0 Å². The van der Waals surface area contributed by atoms with Crippen molar-refractivity contribution in [1.29, 1.82) is 0 Å². The standard InChI is InChI=1S/C26H20BrClFNO4S/c1-2-33-22-12-18(11-21(27)24(22)34-15-17-3-7-19(28)8-4-17)13-23-25(31)30(26(32)35-23)14-16-5-9-20(29)10-6-16/h3-13H,2,14-15H2,1H3/b23-13+. The minimum absolute atomic E-state index is 0.0770. The fraction of sp³-hybridized carbons (Fsp3) is 0.154. The fourth-order valence-electron chi connectivity index (χ4n) is 3.37. The van der Waals surface area contributed by atoms with E-state index in [1.165, 1.54) is 12.1 Å². The lowest BCUT2D eigenvalue weighted by molar-refractivity contribution is -0.123. The third kappa shape index (κ3) is 6.25. The van der Waals surface area contributed by atoms with Crippen molar-refractivity contribution >= 4 is 56.5 Å². The Balaban J connectivity index is 1.54. The number of imide groups is 1. The predicted octanol–water partition coefficient (Wildman–Crippen LogP) is 7.46. The highest BCUT2D eigenvalue weighted by Gasteiger charge is 2.35. The van der Waals surface area contributed by atoms with Crippen molar-refractivity contribution in [2.24, 2.45) is 0 Å². The summed E-state index contributed by atoms with van der Waals surface area (Å²) >= 11 is 10.3. The molecule has 0 unspecified atom stereocenters. The van der Waals surface area contributed by atoms with Crippen molar-refractivity contribution in [3.05, 3.63) is 97.6 Å². The van der Waals surface area contributed by atoms with Crippen LogP contribution in [0.2, 0.25) is 5.02 Å². The highest BCUT2D eigenvalue weighted by molar-refractivity contribution is 9.10. The van der Waals surface area contributed by atoms with E-state index < -0.39 is 5.91 Å². The fourth-order valence-corrected chi connectivity index (χ4v) is 4.91. The lowest BCUT2D eigenvalue weighted by Crippen LogP contribution is -2.27. The van der Waals surface area contributed by atoms with Crippen LogP contribution in [0.25, 0.3) is 6.08 Å². The minimum Gasteiger partial charge on any atom is -0.490 e. The Labute approximate surface area is 220 Å². The van der Waals surface area contributed by atoms with Crippen LogP contribution in [0, 0.1) is 5.82 Å². The molecule has 1 saturated heterocycles. The van der Waals surface area contributed by atoms with Gasteiger partial charge in [-0.05, 0) is 93.8 Å². The van der Waals surface area contributed by atoms with Crippen molar-refractivity contribution < 1.29 is 23.5 Å². The molecule has 1 fully saturated rings. The summed E-state index contributed by atoms with van der Waals surface area (Å²) in [5, 5.41) is 0.272. The summed E-state index contributed by atoms with van der Waals surface area (Å²) in [6, 6.07) is 16.6. The highest BCUT2D eigenvalue weighted by atomic mass is 79.9. The minimum atomic E-state index is -0.401. The van der Waals surface area contributed by atoms with Gasteiger partial charge in [-0.25, -0.2) is 4.39 Å². The Kier molecular flexibility index (Phi) is 8.15. The van der Waals surface area contributed by atoms with Crippen molar-refractivity contribution in [2.75, 3.05) is 6.61 Å². The lowest BCUT2D eigenvalue weighted by Gasteiger charge is -2.15. The third-order valence-electron chi connectivity index (χ3n) is 5.05. The van der Waals surface area contributed by atoms with Crippen LogP contribution >= 0.6 is 39.3 Å². The average Bonchev–Trinajstić information content (AvgIpc) is 3.08. The summed E-state index contributed by atoms with van der Waals surface area (Å²) in [6.45, 7) is 2.68. The first kappa shape index (κ1) is 25.3. The van der Waals surface area contributed by atoms with E-state index in [9.17, 15) is 14.0 Å². The Hall–Kier alpha value is -2.81. The number of carbonyl (C=O) groups is 2. The van der Waals surface area contributed by atoms with Gasteiger partial charge >= 0.3 is 0 Å². The van der Waals surface area contributed by atoms with E-state index in [0.29, 0.717) is 50.2 Å². The molecule has 0 radical (unpaired) electrons. The van der Waals surface area contributed by atoms with Gasteiger partial charge in [0.15, 0.2) is 11.5 Å². The molecule has 9 heteroatoms. The molecule has 2 amide bonds. The Morgan fingerprint density at radius 1 is 1.03 bits per heavy atom. The molecule has 0 N–H and O–H groups in total. The molecule has 3 aromatic rings. The number of nitrogens with zero attached hydrogens (tertiary/aromatic N) is 1. The van der Waals surface area contributed by atoms with E-state index >= 15 is 0 Å². The van der Waals surface area contributed by atoms with E-state index in [4.69, 9.17) is 21.1 Å². The second kappa shape index (κ2) is 11.3. The quantitative estimate of drug-likeness (QED) is 0.261. The Bertz CT molecular complexity index is 1280. The van der Waals surface area contributed by atoms with Crippen LogP contribution in [0.15, 0.2) is 70.0 Å². The molecule has 5 nitrogen and oxygen atoms in total. The number of rotatable bonds is 8. The largest absolute Gasteiger partial charge is 0.490 e. The van der Waals surface area contributed by atoms with E-state index in [2.05, 4.69) is 15.9 Å². The molecular formula is C26H20BrClFNO4S. The van der Waals surface area contributed by atoms with Gasteiger partial charge in [0.1, 0.15) is 12.4 Å². The molecule has 1 aliphatic rings. The van der Waals surface area contributed by atoms with Gasteiger partial charge in [-0.1, -0.05) is 35.9 Å². The van der Waals surface area contributed by atoms with Gasteiger partial charge in [0.2, 0.25) is 0 Å². The summed E-state index contributed by atoms with van der Waals surface area (Å²) in [5.41, 5.74) is 2.28. The molecule has 0 atom stereocenters. The Morgan fingerprint density at radius 3 is 2.40 bits per heavy atom. The number of amides is 2. The molecule has 0 spiro atoms. The van der Waals surface area contributed by atoms with Crippen LogP contribution in [0.4, 0.5) is 9.18 Å². The van der Waals surface area contributed by atoms with E-state index in [-0.39, 0.29) is 17.6 Å². The highest BCUT2D eigenvalue weighted by Crippen LogP contribution is 2.40. The van der Waals surface area contributed by atoms with E-state index in [1.807, 2.05) is 19.1 Å². The van der Waals surface area contributed by atoms with Gasteiger partial charge in [0.25, 0.3) is 11.1 Å². The third-order valence-corrected chi connectivity index (χ3v) is 6.80. The monoisotopic (exact) mass is 575 g/mol. The first-order valence-electron chi connectivity index (χ1n) is 10.7. The number of benzene rings is 3. The molecule has 1 aliphatic heterocycles. The van der Waals surface area contributed by atoms with Gasteiger partial charge in [0.05, 0.1) is 22.5 Å². The van der Waals surface area contributed by atoms with E-state index in [0.717, 1.165) is 22.2 Å². The maximum Gasteiger partial charge on any atom is 0.293 e. The van der Waals surface area contributed by atoms with Gasteiger partial charge in [0, 0.05) is 5.02 Å². The molecule has 1 heterocycles. The number of halogens is 3. The summed E-state index contributed by atoms with van der Waals surface area (Å²) in [6.07, 6.45) is 1.64. The maximum atomic E-state index is 13.2. The SMILES string of the molecule is CCOc1cc(/C=C2/SC(=O)N(Cc3ccc(F)cc3)C2=O)cc(Br)c1OCc1ccc(Cl)cc1. The maximum absolute atomic E-state index is 13.2. The van der Waals surface area contributed by atoms with Crippen LogP contribution in [0.1, 0.15) is 23.6 Å². The molecule has 0 aliphatic carbocycles. The van der Waals surface area contributed by atoms with Crippen molar-refractivity contribution in [3.8, 4) is 11.5 Å². The molecule has 0 bridgehead atoms. The van der Waals surface area contributed by atoms with Crippen LogP contribution < -0.4 is 9.47 Å². The summed E-state index contributed by atoms with van der Waals surface area (Å²) < 4.78 is 25.6. The Morgan fingerprint density at radius 2 is 1.71 bits per heavy atom. The molecule has 0 aromatic heterocycles. The van der Waals surface area contributed by atoms with Crippen LogP contribution in [0.3, 0.4) is 0 Å². The number of hydrogen-bond donors (Lipinski definition) is 0. The second-order valence-electron chi connectivity index (χ2n) is 7.57. The van der Waals surface area contributed by atoms with Gasteiger partial charge in [-0.15, -0.1) is 0 Å². The molecule has 180 valence electrons. The molecule has 3 aromatic carbocycles. The average molecular weight is 577 g/mol. The lowest BCUT2D eigenvalue weighted by atomic mass is 10.1. The number of carbonyl (C=O) groups excluding carboxylic acids is 2. The zero-order chi connectivity index (χ0) is 24.9. The summed E-state index contributed by atoms with van der Waals surface area (Å²) in [5.74, 6) is 0.261. The second-order valence-corrected chi connectivity index (χ2v) is 9.86. The topological polar surface area (TPSA) is 55.8 Å². The zero-order valence-electron chi connectivity index (χ0n) is 18.6. The molecule has 4 rings (SSSR count). The predicted molar refractivity (Wildman–Crippen MR) is 139 cm³/mol. The number of ether oxygens (including phenoxy) is 2. The normalized spacial score (nSPS) is 14.6. The zero-order valence-corrected chi connectivity index (χ0v) is 21.8. The summed E-state index contributed by atoms with van der Waals surface area (Å²) in [4.78, 5) is 26.8. The van der Waals surface area contributed by atoms with Crippen molar-refractivity contribution in [1.82, 2.24) is 4.90 Å². The van der Waals surface area contributed by atoms with E-state index in [1.54, 1.807) is 42.5 Å². The summed E-state index contributed by atoms with van der Waals surface area (Å²) in [7, 11) is 0. The molecular weight excluding hydrogens is 557 g/mol. The number of thioether (sulfide) groups is 1. The molecule has 35 heavy (non-hydrogen) atoms. The van der Waals surface area contributed by atoms with Gasteiger partial charge < -0.3 is 9.47 Å². The van der Waals surface area contributed by atoms with Crippen LogP contribution in [-0.4, -0.2) is 22.7 Å². The smallest absolute Gasteiger partial charge is 0.293 e. The first-order valence-corrected chi connectivity index (χ1v) is 12.7.